The molecule has 0 aromatic carbocycles. The average Bonchev–Trinajstić information content (AvgIpc) is 2.64. The van der Waals surface area contributed by atoms with Gasteiger partial charge in [0.15, 0.2) is 0 Å². The van der Waals surface area contributed by atoms with Crippen LogP contribution in [-0.2, 0) is 11.2 Å². The van der Waals surface area contributed by atoms with Crippen LogP contribution in [0.25, 0.3) is 0 Å². The van der Waals surface area contributed by atoms with Crippen LogP contribution in [0, 0.1) is 19.3 Å². The molecule has 1 spiro atoms. The van der Waals surface area contributed by atoms with Gasteiger partial charge in [0, 0.05) is 34.8 Å². The second kappa shape index (κ2) is 6.44. The lowest BCUT2D eigenvalue weighted by Gasteiger charge is -2.60. The number of nitrogens with zero attached hydrogens (tertiary/aromatic N) is 2. The number of rotatable bonds is 4. The molecule has 0 bridgehead atoms. The highest BCUT2D eigenvalue weighted by Crippen LogP contribution is 2.55. The van der Waals surface area contributed by atoms with Gasteiger partial charge in [0.1, 0.15) is 0 Å². The topological polar surface area (TPSA) is 72.9 Å². The highest BCUT2D eigenvalue weighted by atomic mass is 35.5. The van der Waals surface area contributed by atoms with Gasteiger partial charge in [-0.15, -0.1) is 12.4 Å². The smallest absolute Gasteiger partial charge is 0.224 e. The zero-order valence-electron chi connectivity index (χ0n) is 14.6. The Morgan fingerprint density at radius 3 is 2.52 bits per heavy atom. The number of hydrogen-bond donors (Lipinski definition) is 2. The van der Waals surface area contributed by atoms with Gasteiger partial charge in [-0.3, -0.25) is 9.48 Å². The third-order valence-corrected chi connectivity index (χ3v) is 5.84. The zero-order chi connectivity index (χ0) is 16.1. The van der Waals surface area contributed by atoms with E-state index >= 15 is 0 Å². The van der Waals surface area contributed by atoms with Gasteiger partial charge in [-0.1, -0.05) is 6.42 Å². The molecule has 2 fully saturated rings. The molecule has 2 aliphatic rings. The molecule has 2 unspecified atom stereocenters. The average molecular weight is 341 g/mol. The van der Waals surface area contributed by atoms with Crippen molar-refractivity contribution in [3.05, 3.63) is 17.0 Å². The fraction of sp³-hybridized carbons (Fsp3) is 0.765. The molecule has 130 valence electrons. The van der Waals surface area contributed by atoms with Crippen molar-refractivity contribution >= 4 is 18.3 Å². The summed E-state index contributed by atoms with van der Waals surface area (Å²) in [4.78, 5) is 12.4. The summed E-state index contributed by atoms with van der Waals surface area (Å²) >= 11 is 0. The Hall–Kier alpha value is -1.07. The molecule has 2 saturated carbocycles. The molecular formula is C17H29ClN4O. The maximum Gasteiger partial charge on any atom is 0.224 e. The van der Waals surface area contributed by atoms with E-state index < -0.39 is 0 Å². The number of nitrogens with two attached hydrogens (primary N) is 1. The standard InChI is InChI=1S/C17H28N4O.ClH/c1-10(2)21-12(4)13(11(3)20-21)8-16(22)19-15-9-14(18)17(15)6-5-7-17;/h10,14-15H,5-9,18H2,1-4H3,(H,19,22);1H. The second-order valence-corrected chi connectivity index (χ2v) is 7.41. The molecule has 1 aromatic rings. The summed E-state index contributed by atoms with van der Waals surface area (Å²) in [5.41, 5.74) is 9.50. The number of hydrogen-bond acceptors (Lipinski definition) is 3. The largest absolute Gasteiger partial charge is 0.352 e. The van der Waals surface area contributed by atoms with Gasteiger partial charge in [-0.2, -0.15) is 5.10 Å². The van der Waals surface area contributed by atoms with Crippen LogP contribution in [0.4, 0.5) is 0 Å². The van der Waals surface area contributed by atoms with Crippen LogP contribution >= 0.6 is 12.4 Å². The summed E-state index contributed by atoms with van der Waals surface area (Å²) < 4.78 is 2.00. The normalized spacial score (nSPS) is 24.8. The molecule has 1 aromatic heterocycles. The number of aromatic nitrogens is 2. The van der Waals surface area contributed by atoms with E-state index in [-0.39, 0.29) is 35.8 Å². The number of aryl methyl sites for hydroxylation is 1. The van der Waals surface area contributed by atoms with Gasteiger partial charge in [0.2, 0.25) is 5.91 Å². The minimum atomic E-state index is 0. The highest BCUT2D eigenvalue weighted by molar-refractivity contribution is 5.85. The molecule has 1 heterocycles. The number of carbonyl (C=O) groups excluding carboxylic acids is 1. The van der Waals surface area contributed by atoms with E-state index in [1.807, 2.05) is 11.6 Å². The number of amides is 1. The number of nitrogens with one attached hydrogen (secondary N) is 1. The lowest BCUT2D eigenvalue weighted by atomic mass is 9.50. The maximum absolute atomic E-state index is 12.4. The first-order valence-electron chi connectivity index (χ1n) is 8.44. The van der Waals surface area contributed by atoms with Gasteiger partial charge in [-0.25, -0.2) is 0 Å². The fourth-order valence-corrected chi connectivity index (χ4v) is 4.19. The van der Waals surface area contributed by atoms with E-state index in [0.29, 0.717) is 12.5 Å². The Balaban J connectivity index is 0.00000192. The minimum absolute atomic E-state index is 0. The van der Waals surface area contributed by atoms with Crippen LogP contribution in [-0.4, -0.2) is 27.8 Å². The van der Waals surface area contributed by atoms with Crippen molar-refractivity contribution < 1.29 is 4.79 Å². The molecule has 23 heavy (non-hydrogen) atoms. The Bertz CT molecular complexity index is 592. The van der Waals surface area contributed by atoms with Crippen molar-refractivity contribution in [3.8, 4) is 0 Å². The summed E-state index contributed by atoms with van der Waals surface area (Å²) in [5, 5.41) is 7.79. The van der Waals surface area contributed by atoms with Gasteiger partial charge < -0.3 is 11.1 Å². The molecule has 1 amide bonds. The first kappa shape index (κ1) is 18.3. The number of carbonyl (C=O) groups is 1. The molecular weight excluding hydrogens is 312 g/mol. The quantitative estimate of drug-likeness (QED) is 0.884. The van der Waals surface area contributed by atoms with Crippen molar-refractivity contribution in [2.75, 3.05) is 0 Å². The van der Waals surface area contributed by atoms with Crippen LogP contribution in [0.2, 0.25) is 0 Å². The van der Waals surface area contributed by atoms with Crippen molar-refractivity contribution in [2.45, 2.75) is 77.9 Å². The lowest BCUT2D eigenvalue weighted by molar-refractivity contribution is -0.127. The third-order valence-electron chi connectivity index (χ3n) is 5.84. The molecule has 0 saturated heterocycles. The van der Waals surface area contributed by atoms with Crippen molar-refractivity contribution in [2.24, 2.45) is 11.1 Å². The molecule has 6 heteroatoms. The SMILES string of the molecule is Cc1nn(C(C)C)c(C)c1CC(=O)NC1CC(N)C12CCC2.Cl. The zero-order valence-corrected chi connectivity index (χ0v) is 15.4. The Morgan fingerprint density at radius 2 is 2.09 bits per heavy atom. The molecule has 3 N–H and O–H groups in total. The predicted octanol–water partition coefficient (Wildman–Crippen LogP) is 2.43. The molecule has 5 nitrogen and oxygen atoms in total. The van der Waals surface area contributed by atoms with Gasteiger partial charge in [0.25, 0.3) is 0 Å². The van der Waals surface area contributed by atoms with E-state index in [4.69, 9.17) is 5.73 Å². The lowest BCUT2D eigenvalue weighted by Crippen LogP contribution is -2.70. The van der Waals surface area contributed by atoms with Crippen molar-refractivity contribution in [3.63, 3.8) is 0 Å². The van der Waals surface area contributed by atoms with E-state index in [9.17, 15) is 4.79 Å². The summed E-state index contributed by atoms with van der Waals surface area (Å²) in [6, 6.07) is 0.876. The Kier molecular flexibility index (Phi) is 5.12. The summed E-state index contributed by atoms with van der Waals surface area (Å²) in [7, 11) is 0. The first-order chi connectivity index (χ1) is 10.3. The predicted molar refractivity (Wildman–Crippen MR) is 93.8 cm³/mol. The van der Waals surface area contributed by atoms with Crippen molar-refractivity contribution in [1.82, 2.24) is 15.1 Å². The maximum atomic E-state index is 12.4. The molecule has 0 radical (unpaired) electrons. The van der Waals surface area contributed by atoms with Crippen LogP contribution < -0.4 is 11.1 Å². The summed E-state index contributed by atoms with van der Waals surface area (Å²) in [6.45, 7) is 8.26. The summed E-state index contributed by atoms with van der Waals surface area (Å²) in [6.07, 6.45) is 4.94. The molecule has 0 aliphatic heterocycles. The molecule has 2 aliphatic carbocycles. The highest BCUT2D eigenvalue weighted by Gasteiger charge is 2.57. The Morgan fingerprint density at radius 1 is 1.43 bits per heavy atom. The molecule has 3 rings (SSSR count). The van der Waals surface area contributed by atoms with Crippen molar-refractivity contribution in [1.29, 1.82) is 0 Å². The monoisotopic (exact) mass is 340 g/mol. The fourth-order valence-electron chi connectivity index (χ4n) is 4.19. The van der Waals surface area contributed by atoms with Crippen LogP contribution in [0.5, 0.6) is 0 Å². The number of halogens is 1. The van der Waals surface area contributed by atoms with Gasteiger partial charge in [-0.05, 0) is 47.0 Å². The second-order valence-electron chi connectivity index (χ2n) is 7.41. The van der Waals surface area contributed by atoms with E-state index in [1.165, 1.54) is 19.3 Å². The van der Waals surface area contributed by atoms with E-state index in [0.717, 1.165) is 23.4 Å². The van der Waals surface area contributed by atoms with E-state index in [2.05, 4.69) is 31.2 Å². The van der Waals surface area contributed by atoms with Crippen LogP contribution in [0.3, 0.4) is 0 Å². The Labute approximate surface area is 144 Å². The minimum Gasteiger partial charge on any atom is -0.352 e. The summed E-state index contributed by atoms with van der Waals surface area (Å²) in [5.74, 6) is 0.109. The van der Waals surface area contributed by atoms with Gasteiger partial charge in [0.05, 0.1) is 12.1 Å². The van der Waals surface area contributed by atoms with E-state index in [1.54, 1.807) is 0 Å². The third kappa shape index (κ3) is 2.89. The van der Waals surface area contributed by atoms with Crippen LogP contribution in [0.15, 0.2) is 0 Å². The first-order valence-corrected chi connectivity index (χ1v) is 8.44. The molecule has 2 atom stereocenters. The van der Waals surface area contributed by atoms with Gasteiger partial charge >= 0.3 is 0 Å². The van der Waals surface area contributed by atoms with Crippen LogP contribution in [0.1, 0.15) is 62.5 Å².